The molecule has 0 spiro atoms. The predicted molar refractivity (Wildman–Crippen MR) is 78.9 cm³/mol. The quantitative estimate of drug-likeness (QED) is 0.559. The van der Waals surface area contributed by atoms with Crippen molar-refractivity contribution in [1.82, 2.24) is 0 Å². The van der Waals surface area contributed by atoms with Crippen LogP contribution in [0.3, 0.4) is 0 Å². The zero-order chi connectivity index (χ0) is 13.8. The Kier molecular flexibility index (Phi) is 4.51. The first-order chi connectivity index (χ1) is 9.06. The molecular formula is C15H9BrClFO. The molecule has 0 bridgehead atoms. The third kappa shape index (κ3) is 3.75. The Morgan fingerprint density at radius 1 is 1.21 bits per heavy atom. The molecule has 0 N–H and O–H groups in total. The van der Waals surface area contributed by atoms with E-state index in [4.69, 9.17) is 11.6 Å². The van der Waals surface area contributed by atoms with Gasteiger partial charge in [0.25, 0.3) is 0 Å². The number of hydrogen-bond donors (Lipinski definition) is 0. The summed E-state index contributed by atoms with van der Waals surface area (Å²) >= 11 is 8.92. The second-order valence-electron chi connectivity index (χ2n) is 3.88. The summed E-state index contributed by atoms with van der Waals surface area (Å²) in [5.41, 5.74) is 1.26. The fourth-order valence-corrected chi connectivity index (χ4v) is 2.11. The van der Waals surface area contributed by atoms with Crippen molar-refractivity contribution in [1.29, 1.82) is 0 Å². The molecule has 96 valence electrons. The van der Waals surface area contributed by atoms with Crippen LogP contribution in [0.15, 0.2) is 53.0 Å². The number of hydrogen-bond acceptors (Lipinski definition) is 1. The van der Waals surface area contributed by atoms with E-state index in [2.05, 4.69) is 15.9 Å². The van der Waals surface area contributed by atoms with Crippen LogP contribution in [-0.2, 0) is 0 Å². The van der Waals surface area contributed by atoms with E-state index < -0.39 is 0 Å². The molecule has 2 aromatic carbocycles. The molecule has 1 nitrogen and oxygen atoms in total. The van der Waals surface area contributed by atoms with Crippen molar-refractivity contribution >= 4 is 39.4 Å². The zero-order valence-electron chi connectivity index (χ0n) is 9.74. The topological polar surface area (TPSA) is 17.1 Å². The van der Waals surface area contributed by atoms with Crippen molar-refractivity contribution in [2.45, 2.75) is 0 Å². The Labute approximate surface area is 123 Å². The van der Waals surface area contributed by atoms with Gasteiger partial charge in [0.1, 0.15) is 5.82 Å². The molecule has 0 aliphatic carbocycles. The largest absolute Gasteiger partial charge is 0.289 e. The number of rotatable bonds is 3. The van der Waals surface area contributed by atoms with Crippen molar-refractivity contribution in [3.63, 3.8) is 0 Å². The number of carbonyl (C=O) groups excluding carboxylic acids is 1. The summed E-state index contributed by atoms with van der Waals surface area (Å²) in [6, 6.07) is 11.3. The third-order valence-electron chi connectivity index (χ3n) is 2.48. The van der Waals surface area contributed by atoms with E-state index in [1.165, 1.54) is 12.1 Å². The van der Waals surface area contributed by atoms with Crippen LogP contribution in [0.4, 0.5) is 4.39 Å². The number of carbonyl (C=O) groups is 1. The molecule has 0 heterocycles. The molecule has 0 aliphatic rings. The molecule has 0 fully saturated rings. The smallest absolute Gasteiger partial charge is 0.185 e. The summed E-state index contributed by atoms with van der Waals surface area (Å²) in [7, 11) is 0. The first kappa shape index (κ1) is 14.0. The number of allylic oxidation sites excluding steroid dienone is 1. The standard InChI is InChI=1S/C15H9BrClFO/c16-13-8-10(4-6-14(13)18)5-7-15(19)11-2-1-3-12(17)9-11/h1-9H/b7-5+. The molecule has 0 saturated heterocycles. The second-order valence-corrected chi connectivity index (χ2v) is 5.17. The summed E-state index contributed by atoms with van der Waals surface area (Å²) in [5, 5.41) is 0.517. The van der Waals surface area contributed by atoms with Gasteiger partial charge in [-0.15, -0.1) is 0 Å². The van der Waals surface area contributed by atoms with E-state index in [9.17, 15) is 9.18 Å². The highest BCUT2D eigenvalue weighted by atomic mass is 79.9. The van der Waals surface area contributed by atoms with Gasteiger partial charge < -0.3 is 0 Å². The van der Waals surface area contributed by atoms with Gasteiger partial charge in [-0.3, -0.25) is 4.79 Å². The summed E-state index contributed by atoms with van der Waals surface area (Å²) < 4.78 is 13.4. The molecule has 0 aliphatic heterocycles. The minimum atomic E-state index is -0.335. The van der Waals surface area contributed by atoms with Crippen molar-refractivity contribution < 1.29 is 9.18 Å². The molecule has 2 rings (SSSR count). The molecule has 0 atom stereocenters. The second kappa shape index (κ2) is 6.13. The fraction of sp³-hybridized carbons (Fsp3) is 0. The highest BCUT2D eigenvalue weighted by Gasteiger charge is 2.02. The minimum Gasteiger partial charge on any atom is -0.289 e. The van der Waals surface area contributed by atoms with Gasteiger partial charge in [-0.1, -0.05) is 35.9 Å². The first-order valence-corrected chi connectivity index (χ1v) is 6.66. The maximum atomic E-state index is 13.1. The SMILES string of the molecule is O=C(/C=C/c1ccc(F)c(Br)c1)c1cccc(Cl)c1. The van der Waals surface area contributed by atoms with Gasteiger partial charge in [0.2, 0.25) is 0 Å². The molecule has 0 unspecified atom stereocenters. The van der Waals surface area contributed by atoms with Crippen molar-refractivity contribution in [3.8, 4) is 0 Å². The lowest BCUT2D eigenvalue weighted by Gasteiger charge is -1.98. The number of ketones is 1. The number of benzene rings is 2. The van der Waals surface area contributed by atoms with E-state index in [1.54, 1.807) is 42.5 Å². The summed E-state index contributed by atoms with van der Waals surface area (Å²) in [6.07, 6.45) is 3.07. The van der Waals surface area contributed by atoms with E-state index in [0.717, 1.165) is 5.56 Å². The average Bonchev–Trinajstić information content (AvgIpc) is 2.40. The van der Waals surface area contributed by atoms with Crippen LogP contribution in [0.25, 0.3) is 6.08 Å². The van der Waals surface area contributed by atoms with Gasteiger partial charge in [-0.05, 0) is 51.8 Å². The lowest BCUT2D eigenvalue weighted by molar-refractivity contribution is 0.104. The molecule has 0 amide bonds. The van der Waals surface area contributed by atoms with Gasteiger partial charge in [0, 0.05) is 10.6 Å². The van der Waals surface area contributed by atoms with Crippen LogP contribution in [0.5, 0.6) is 0 Å². The van der Waals surface area contributed by atoms with Crippen molar-refractivity contribution in [2.24, 2.45) is 0 Å². The Morgan fingerprint density at radius 3 is 2.68 bits per heavy atom. The zero-order valence-corrected chi connectivity index (χ0v) is 12.1. The molecule has 19 heavy (non-hydrogen) atoms. The van der Waals surface area contributed by atoms with Gasteiger partial charge in [-0.25, -0.2) is 4.39 Å². The van der Waals surface area contributed by atoms with Gasteiger partial charge in [0.05, 0.1) is 4.47 Å². The van der Waals surface area contributed by atoms with E-state index in [0.29, 0.717) is 15.1 Å². The lowest BCUT2D eigenvalue weighted by atomic mass is 10.1. The van der Waals surface area contributed by atoms with E-state index in [-0.39, 0.29) is 11.6 Å². The van der Waals surface area contributed by atoms with E-state index >= 15 is 0 Å². The molecule has 0 radical (unpaired) electrons. The molecule has 0 aromatic heterocycles. The Hall–Kier alpha value is -1.45. The Morgan fingerprint density at radius 2 is 2.00 bits per heavy atom. The number of halogens is 3. The molecule has 4 heteroatoms. The van der Waals surface area contributed by atoms with Crippen LogP contribution in [0.2, 0.25) is 5.02 Å². The third-order valence-corrected chi connectivity index (χ3v) is 3.32. The maximum absolute atomic E-state index is 13.1. The lowest BCUT2D eigenvalue weighted by Crippen LogP contribution is -1.93. The van der Waals surface area contributed by atoms with Crippen LogP contribution in [-0.4, -0.2) is 5.78 Å². The highest BCUT2D eigenvalue weighted by Crippen LogP contribution is 2.18. The maximum Gasteiger partial charge on any atom is 0.185 e. The first-order valence-electron chi connectivity index (χ1n) is 5.49. The van der Waals surface area contributed by atoms with Gasteiger partial charge >= 0.3 is 0 Å². The monoisotopic (exact) mass is 338 g/mol. The molecule has 2 aromatic rings. The minimum absolute atomic E-state index is 0.150. The molecular weight excluding hydrogens is 331 g/mol. The van der Waals surface area contributed by atoms with Crippen LogP contribution in [0.1, 0.15) is 15.9 Å². The van der Waals surface area contributed by atoms with Crippen LogP contribution in [0, 0.1) is 5.82 Å². The average molecular weight is 340 g/mol. The highest BCUT2D eigenvalue weighted by molar-refractivity contribution is 9.10. The predicted octanol–water partition coefficient (Wildman–Crippen LogP) is 5.14. The Bertz CT molecular complexity index is 652. The van der Waals surface area contributed by atoms with Gasteiger partial charge in [0.15, 0.2) is 5.78 Å². The summed E-state index contributed by atoms with van der Waals surface area (Å²) in [5.74, 6) is -0.485. The van der Waals surface area contributed by atoms with Crippen molar-refractivity contribution in [2.75, 3.05) is 0 Å². The van der Waals surface area contributed by atoms with Gasteiger partial charge in [-0.2, -0.15) is 0 Å². The summed E-state index contributed by atoms with van der Waals surface area (Å²) in [6.45, 7) is 0. The fourth-order valence-electron chi connectivity index (χ4n) is 1.53. The normalized spacial score (nSPS) is 10.9. The molecule has 0 saturated carbocycles. The summed E-state index contributed by atoms with van der Waals surface area (Å²) in [4.78, 5) is 11.9. The Balaban J connectivity index is 2.18. The van der Waals surface area contributed by atoms with E-state index in [1.807, 2.05) is 0 Å². The van der Waals surface area contributed by atoms with Crippen molar-refractivity contribution in [3.05, 3.63) is 75.0 Å². The van der Waals surface area contributed by atoms with Crippen LogP contribution >= 0.6 is 27.5 Å². The van der Waals surface area contributed by atoms with Crippen LogP contribution < -0.4 is 0 Å².